The largest absolute Gasteiger partial charge is 0.511 e. The summed E-state index contributed by atoms with van der Waals surface area (Å²) in [5.74, 6) is 7.94. The van der Waals surface area contributed by atoms with Crippen LogP contribution in [0.2, 0.25) is 13.1 Å². The second-order valence-electron chi connectivity index (χ2n) is 4.85. The van der Waals surface area contributed by atoms with Gasteiger partial charge in [-0.05, 0) is 24.3 Å². The molecule has 2 nitrogen and oxygen atoms in total. The van der Waals surface area contributed by atoms with Crippen molar-refractivity contribution < 1.29 is 8.85 Å². The molecule has 1 aliphatic rings. The number of benzene rings is 2. The van der Waals surface area contributed by atoms with Crippen molar-refractivity contribution in [2.75, 3.05) is 0 Å². The first-order valence-corrected chi connectivity index (χ1v) is 9.04. The summed E-state index contributed by atoms with van der Waals surface area (Å²) in [6, 6.07) is 15.7. The first kappa shape index (κ1) is 11.9. The third kappa shape index (κ3) is 2.49. The molecular weight excluding hydrogens is 252 g/mol. The summed E-state index contributed by atoms with van der Waals surface area (Å²) in [5.41, 5.74) is 1.81. The molecule has 3 heteroatoms. The van der Waals surface area contributed by atoms with Gasteiger partial charge in [-0.15, -0.1) is 0 Å². The quantitative estimate of drug-likeness (QED) is 0.536. The molecule has 0 atom stereocenters. The van der Waals surface area contributed by atoms with E-state index in [2.05, 4.69) is 11.8 Å². The SMILES string of the molecule is C[Si]1(C)Oc2ccccc2C#Cc2ccccc2O1. The molecule has 1 aliphatic heterocycles. The Bertz CT molecular complexity index is 625. The van der Waals surface area contributed by atoms with Gasteiger partial charge in [-0.25, -0.2) is 0 Å². The maximum absolute atomic E-state index is 6.08. The predicted octanol–water partition coefficient (Wildman–Crippen LogP) is 3.56. The molecule has 1 heterocycles. The van der Waals surface area contributed by atoms with Crippen molar-refractivity contribution in [2.24, 2.45) is 0 Å². The molecule has 0 amide bonds. The average Bonchev–Trinajstić information content (AvgIpc) is 2.43. The van der Waals surface area contributed by atoms with Gasteiger partial charge in [-0.2, -0.15) is 0 Å². The highest BCUT2D eigenvalue weighted by atomic mass is 28.4. The normalized spacial score (nSPS) is 15.1. The van der Waals surface area contributed by atoms with Crippen molar-refractivity contribution in [3.63, 3.8) is 0 Å². The summed E-state index contributed by atoms with van der Waals surface area (Å²) in [5, 5.41) is 0. The predicted molar refractivity (Wildman–Crippen MR) is 77.6 cm³/mol. The molecule has 19 heavy (non-hydrogen) atoms. The van der Waals surface area contributed by atoms with Crippen molar-refractivity contribution in [1.29, 1.82) is 0 Å². The van der Waals surface area contributed by atoms with Crippen LogP contribution in [0.15, 0.2) is 48.5 Å². The molecular formula is C16H14O2Si. The lowest BCUT2D eigenvalue weighted by molar-refractivity contribution is 0.399. The van der Waals surface area contributed by atoms with E-state index in [0.29, 0.717) is 0 Å². The van der Waals surface area contributed by atoms with Crippen molar-refractivity contribution >= 4 is 8.56 Å². The minimum Gasteiger partial charge on any atom is -0.511 e. The molecule has 0 saturated heterocycles. The molecule has 94 valence electrons. The Morgan fingerprint density at radius 3 is 1.63 bits per heavy atom. The van der Waals surface area contributed by atoms with Crippen LogP contribution < -0.4 is 8.85 Å². The lowest BCUT2D eigenvalue weighted by atomic mass is 10.1. The van der Waals surface area contributed by atoms with Crippen LogP contribution >= 0.6 is 0 Å². The Kier molecular flexibility index (Phi) is 2.81. The maximum Gasteiger partial charge on any atom is 0.454 e. The Labute approximate surface area is 114 Å². The average molecular weight is 266 g/mol. The van der Waals surface area contributed by atoms with Gasteiger partial charge in [0.15, 0.2) is 0 Å². The molecule has 0 unspecified atom stereocenters. The number of fused-ring (bicyclic) bond motifs is 2. The molecule has 0 fully saturated rings. The topological polar surface area (TPSA) is 18.5 Å². The monoisotopic (exact) mass is 266 g/mol. The van der Waals surface area contributed by atoms with Crippen LogP contribution in [-0.2, 0) is 0 Å². The van der Waals surface area contributed by atoms with E-state index in [0.717, 1.165) is 22.6 Å². The van der Waals surface area contributed by atoms with Gasteiger partial charge in [0.1, 0.15) is 11.5 Å². The number of hydrogen-bond acceptors (Lipinski definition) is 2. The highest BCUT2D eigenvalue weighted by molar-refractivity contribution is 6.66. The van der Waals surface area contributed by atoms with Crippen LogP contribution in [0.5, 0.6) is 11.5 Å². The first-order valence-electron chi connectivity index (χ1n) is 6.22. The third-order valence-electron chi connectivity index (χ3n) is 2.82. The Balaban J connectivity index is 2.19. The van der Waals surface area contributed by atoms with Gasteiger partial charge >= 0.3 is 8.56 Å². The van der Waals surface area contributed by atoms with Gasteiger partial charge in [0.05, 0.1) is 11.1 Å². The van der Waals surface area contributed by atoms with Crippen LogP contribution in [-0.4, -0.2) is 8.56 Å². The fourth-order valence-electron chi connectivity index (χ4n) is 2.00. The van der Waals surface area contributed by atoms with Crippen LogP contribution in [0.25, 0.3) is 0 Å². The van der Waals surface area contributed by atoms with Gasteiger partial charge in [0.25, 0.3) is 0 Å². The Morgan fingerprint density at radius 1 is 0.737 bits per heavy atom. The zero-order chi connectivity index (χ0) is 13.3. The molecule has 0 aliphatic carbocycles. The fourth-order valence-corrected chi connectivity index (χ4v) is 3.46. The molecule has 3 rings (SSSR count). The molecule has 0 bridgehead atoms. The fraction of sp³-hybridized carbons (Fsp3) is 0.125. The first-order chi connectivity index (χ1) is 9.14. The molecule has 0 spiro atoms. The molecule has 2 aromatic rings. The lowest BCUT2D eigenvalue weighted by Crippen LogP contribution is -2.42. The highest BCUT2D eigenvalue weighted by Crippen LogP contribution is 2.27. The standard InChI is InChI=1S/C16H14O2Si/c1-19(2)17-15-9-5-3-7-13(15)11-12-14-8-4-6-10-16(14)18-19/h3-10H,1-2H3. The summed E-state index contributed by atoms with van der Waals surface area (Å²) < 4.78 is 12.2. The molecule has 2 aromatic carbocycles. The van der Waals surface area contributed by atoms with E-state index in [1.807, 2.05) is 61.6 Å². The lowest BCUT2D eigenvalue weighted by Gasteiger charge is -2.25. The zero-order valence-corrected chi connectivity index (χ0v) is 11.9. The van der Waals surface area contributed by atoms with Gasteiger partial charge in [0.2, 0.25) is 0 Å². The second kappa shape index (κ2) is 4.49. The summed E-state index contributed by atoms with van der Waals surface area (Å²) in [6.45, 7) is 4.07. The van der Waals surface area contributed by atoms with Crippen LogP contribution in [0.3, 0.4) is 0 Å². The molecule has 0 radical (unpaired) electrons. The highest BCUT2D eigenvalue weighted by Gasteiger charge is 2.31. The van der Waals surface area contributed by atoms with Crippen LogP contribution in [0.1, 0.15) is 11.1 Å². The van der Waals surface area contributed by atoms with Crippen molar-refractivity contribution in [1.82, 2.24) is 0 Å². The summed E-state index contributed by atoms with van der Waals surface area (Å²) in [6.07, 6.45) is 0. The van der Waals surface area contributed by atoms with Crippen LogP contribution in [0, 0.1) is 11.8 Å². The van der Waals surface area contributed by atoms with Gasteiger partial charge in [-0.1, -0.05) is 36.1 Å². The molecule has 0 aromatic heterocycles. The van der Waals surface area contributed by atoms with E-state index in [1.54, 1.807) is 0 Å². The van der Waals surface area contributed by atoms with E-state index < -0.39 is 8.56 Å². The minimum absolute atomic E-state index is 0.805. The summed E-state index contributed by atoms with van der Waals surface area (Å²) in [7, 11) is -2.29. The Morgan fingerprint density at radius 2 is 1.16 bits per heavy atom. The van der Waals surface area contributed by atoms with Crippen molar-refractivity contribution in [3.05, 3.63) is 59.7 Å². The third-order valence-corrected chi connectivity index (χ3v) is 4.24. The van der Waals surface area contributed by atoms with Gasteiger partial charge < -0.3 is 8.85 Å². The summed E-state index contributed by atoms with van der Waals surface area (Å²) >= 11 is 0. The smallest absolute Gasteiger partial charge is 0.454 e. The van der Waals surface area contributed by atoms with E-state index in [9.17, 15) is 0 Å². The van der Waals surface area contributed by atoms with E-state index in [1.165, 1.54) is 0 Å². The van der Waals surface area contributed by atoms with Crippen molar-refractivity contribution in [2.45, 2.75) is 13.1 Å². The van der Waals surface area contributed by atoms with Gasteiger partial charge in [-0.3, -0.25) is 0 Å². The zero-order valence-electron chi connectivity index (χ0n) is 10.9. The van der Waals surface area contributed by atoms with Gasteiger partial charge in [0, 0.05) is 13.1 Å². The Hall–Kier alpha value is -2.18. The van der Waals surface area contributed by atoms with E-state index in [-0.39, 0.29) is 0 Å². The minimum atomic E-state index is -2.29. The van der Waals surface area contributed by atoms with Crippen LogP contribution in [0.4, 0.5) is 0 Å². The summed E-state index contributed by atoms with van der Waals surface area (Å²) in [4.78, 5) is 0. The molecule has 0 N–H and O–H groups in total. The van der Waals surface area contributed by atoms with E-state index >= 15 is 0 Å². The number of rotatable bonds is 0. The molecule has 0 saturated carbocycles. The number of para-hydroxylation sites is 2. The second-order valence-corrected chi connectivity index (χ2v) is 8.05. The van der Waals surface area contributed by atoms with E-state index in [4.69, 9.17) is 8.85 Å². The maximum atomic E-state index is 6.08. The van der Waals surface area contributed by atoms with Crippen molar-refractivity contribution in [3.8, 4) is 23.3 Å². The number of hydrogen-bond donors (Lipinski definition) is 0.